The Morgan fingerprint density at radius 2 is 1.89 bits per heavy atom. The molecule has 0 atom stereocenters. The summed E-state index contributed by atoms with van der Waals surface area (Å²) >= 11 is 0. The van der Waals surface area contributed by atoms with Crippen LogP contribution in [0.25, 0.3) is 0 Å². The topological polar surface area (TPSA) is 98.8 Å². The number of amides is 5. The summed E-state index contributed by atoms with van der Waals surface area (Å²) in [5, 5.41) is 5.56. The first kappa shape index (κ1) is 18.5. The van der Waals surface area contributed by atoms with E-state index in [1.54, 1.807) is 24.3 Å². The Hall–Kier alpha value is -2.90. The Balaban J connectivity index is 1.50. The van der Waals surface area contributed by atoms with Crippen LogP contribution in [0.15, 0.2) is 24.3 Å². The van der Waals surface area contributed by atoms with Gasteiger partial charge in [-0.05, 0) is 43.7 Å². The summed E-state index contributed by atoms with van der Waals surface area (Å²) < 4.78 is 0. The van der Waals surface area contributed by atoms with Gasteiger partial charge in [0.05, 0.1) is 11.4 Å². The third kappa shape index (κ3) is 3.02. The van der Waals surface area contributed by atoms with E-state index in [0.717, 1.165) is 24.2 Å². The fourth-order valence-corrected chi connectivity index (χ4v) is 4.41. The van der Waals surface area contributed by atoms with E-state index < -0.39 is 17.5 Å². The van der Waals surface area contributed by atoms with Crippen LogP contribution in [0.4, 0.5) is 16.2 Å². The Morgan fingerprint density at radius 3 is 2.61 bits per heavy atom. The number of imide groups is 1. The number of para-hydroxylation sites is 2. The molecule has 1 saturated carbocycles. The number of nitrogens with zero attached hydrogens (tertiary/aromatic N) is 2. The second-order valence-electron chi connectivity index (χ2n) is 7.80. The van der Waals surface area contributed by atoms with Gasteiger partial charge in [0.15, 0.2) is 0 Å². The standard InChI is InChI=1S/C20H24N4O4/c1-2-13-7-9-20(10-8-13)18(27)24(19(28)22-20)12-17(26)23-11-16(25)21-14-5-3-4-6-15(14)23/h3-6,13H,2,7-12H2,1H3,(H,21,25)(H,22,28). The van der Waals surface area contributed by atoms with Crippen molar-refractivity contribution in [3.8, 4) is 0 Å². The zero-order chi connectivity index (χ0) is 19.9. The van der Waals surface area contributed by atoms with Crippen LogP contribution >= 0.6 is 0 Å². The van der Waals surface area contributed by atoms with Crippen LogP contribution in [0, 0.1) is 5.92 Å². The van der Waals surface area contributed by atoms with Crippen LogP contribution in [-0.2, 0) is 14.4 Å². The molecule has 0 unspecified atom stereocenters. The van der Waals surface area contributed by atoms with E-state index in [9.17, 15) is 19.2 Å². The zero-order valence-electron chi connectivity index (χ0n) is 15.9. The maximum absolute atomic E-state index is 13.0. The predicted molar refractivity (Wildman–Crippen MR) is 103 cm³/mol. The average molecular weight is 384 g/mol. The van der Waals surface area contributed by atoms with Crippen molar-refractivity contribution in [2.24, 2.45) is 5.92 Å². The van der Waals surface area contributed by atoms with Gasteiger partial charge in [0.25, 0.3) is 5.91 Å². The van der Waals surface area contributed by atoms with Crippen molar-refractivity contribution in [2.45, 2.75) is 44.6 Å². The number of urea groups is 1. The molecule has 1 aromatic rings. The molecule has 4 rings (SSSR count). The third-order valence-corrected chi connectivity index (χ3v) is 6.15. The molecule has 1 saturated heterocycles. The first-order chi connectivity index (χ1) is 13.4. The fourth-order valence-electron chi connectivity index (χ4n) is 4.41. The van der Waals surface area contributed by atoms with E-state index in [1.165, 1.54) is 4.90 Å². The van der Waals surface area contributed by atoms with Crippen molar-refractivity contribution >= 4 is 35.1 Å². The van der Waals surface area contributed by atoms with Gasteiger partial charge in [0.2, 0.25) is 11.8 Å². The lowest BCUT2D eigenvalue weighted by molar-refractivity contribution is -0.135. The van der Waals surface area contributed by atoms with Gasteiger partial charge >= 0.3 is 6.03 Å². The summed E-state index contributed by atoms with van der Waals surface area (Å²) in [7, 11) is 0. The van der Waals surface area contributed by atoms with Gasteiger partial charge in [-0.1, -0.05) is 25.5 Å². The third-order valence-electron chi connectivity index (χ3n) is 6.15. The van der Waals surface area contributed by atoms with Crippen molar-refractivity contribution in [2.75, 3.05) is 23.3 Å². The minimum atomic E-state index is -0.875. The maximum atomic E-state index is 13.0. The summed E-state index contributed by atoms with van der Waals surface area (Å²) in [5.74, 6) is -0.506. The normalized spacial score (nSPS) is 26.9. The Morgan fingerprint density at radius 1 is 1.18 bits per heavy atom. The van der Waals surface area contributed by atoms with Crippen LogP contribution < -0.4 is 15.5 Å². The smallest absolute Gasteiger partial charge is 0.323 e. The Kier molecular flexibility index (Phi) is 4.56. The Labute approximate surface area is 163 Å². The highest BCUT2D eigenvalue weighted by molar-refractivity contribution is 6.14. The van der Waals surface area contributed by atoms with E-state index in [-0.39, 0.29) is 24.9 Å². The maximum Gasteiger partial charge on any atom is 0.325 e. The summed E-state index contributed by atoms with van der Waals surface area (Å²) in [6, 6.07) is 6.45. The van der Waals surface area contributed by atoms with Crippen molar-refractivity contribution in [1.29, 1.82) is 0 Å². The number of nitrogens with one attached hydrogen (secondary N) is 2. The predicted octanol–water partition coefficient (Wildman–Crippen LogP) is 1.86. The zero-order valence-corrected chi connectivity index (χ0v) is 15.9. The van der Waals surface area contributed by atoms with E-state index in [4.69, 9.17) is 0 Å². The lowest BCUT2D eigenvalue weighted by Crippen LogP contribution is -2.51. The quantitative estimate of drug-likeness (QED) is 0.777. The molecular weight excluding hydrogens is 360 g/mol. The van der Waals surface area contributed by atoms with Crippen LogP contribution in [0.3, 0.4) is 0 Å². The number of hydrogen-bond donors (Lipinski definition) is 2. The van der Waals surface area contributed by atoms with E-state index in [0.29, 0.717) is 30.1 Å². The van der Waals surface area contributed by atoms with Crippen LogP contribution in [0.2, 0.25) is 0 Å². The molecule has 0 bridgehead atoms. The molecule has 8 heteroatoms. The molecule has 2 fully saturated rings. The van der Waals surface area contributed by atoms with Gasteiger partial charge in [-0.3, -0.25) is 24.2 Å². The first-order valence-electron chi connectivity index (χ1n) is 9.77. The molecule has 1 aliphatic carbocycles. The monoisotopic (exact) mass is 384 g/mol. The van der Waals surface area contributed by atoms with Crippen molar-refractivity contribution in [1.82, 2.24) is 10.2 Å². The van der Waals surface area contributed by atoms with Gasteiger partial charge < -0.3 is 10.6 Å². The number of rotatable bonds is 3. The molecule has 2 aliphatic heterocycles. The van der Waals surface area contributed by atoms with Crippen LogP contribution in [-0.4, -0.2) is 47.3 Å². The van der Waals surface area contributed by atoms with Gasteiger partial charge in [-0.2, -0.15) is 0 Å². The highest BCUT2D eigenvalue weighted by Crippen LogP contribution is 2.38. The van der Waals surface area contributed by atoms with Crippen molar-refractivity contribution in [3.63, 3.8) is 0 Å². The summed E-state index contributed by atoms with van der Waals surface area (Å²) in [5.41, 5.74) is 0.233. The molecule has 5 amide bonds. The summed E-state index contributed by atoms with van der Waals surface area (Å²) in [6.07, 6.45) is 4.07. The number of hydrogen-bond acceptors (Lipinski definition) is 4. The lowest BCUT2D eigenvalue weighted by Gasteiger charge is -2.34. The molecule has 148 valence electrons. The fraction of sp³-hybridized carbons (Fsp3) is 0.500. The molecule has 2 heterocycles. The largest absolute Gasteiger partial charge is 0.325 e. The number of carbonyl (C=O) groups excluding carboxylic acids is 4. The van der Waals surface area contributed by atoms with Crippen molar-refractivity contribution < 1.29 is 19.2 Å². The van der Waals surface area contributed by atoms with Gasteiger partial charge in [0, 0.05) is 0 Å². The second-order valence-corrected chi connectivity index (χ2v) is 7.80. The molecule has 3 aliphatic rings. The van der Waals surface area contributed by atoms with Crippen molar-refractivity contribution in [3.05, 3.63) is 24.3 Å². The molecule has 1 aromatic carbocycles. The SMILES string of the molecule is CCC1CCC2(CC1)NC(=O)N(CC(=O)N1CC(=O)Nc3ccccc31)C2=O. The number of anilines is 2. The van der Waals surface area contributed by atoms with E-state index in [1.807, 2.05) is 0 Å². The highest BCUT2D eigenvalue weighted by Gasteiger charge is 2.52. The second kappa shape index (κ2) is 6.92. The number of benzene rings is 1. The summed E-state index contributed by atoms with van der Waals surface area (Å²) in [6.45, 7) is 1.63. The van der Waals surface area contributed by atoms with E-state index >= 15 is 0 Å². The number of fused-ring (bicyclic) bond motifs is 1. The van der Waals surface area contributed by atoms with Crippen LogP contribution in [0.5, 0.6) is 0 Å². The molecule has 2 N–H and O–H groups in total. The molecular formula is C20H24N4O4. The van der Waals surface area contributed by atoms with E-state index in [2.05, 4.69) is 17.6 Å². The molecule has 28 heavy (non-hydrogen) atoms. The minimum Gasteiger partial charge on any atom is -0.323 e. The molecule has 0 radical (unpaired) electrons. The minimum absolute atomic E-state index is 0.136. The first-order valence-corrected chi connectivity index (χ1v) is 9.77. The van der Waals surface area contributed by atoms with Gasteiger partial charge in [0.1, 0.15) is 18.6 Å². The molecule has 0 aromatic heterocycles. The molecule has 1 spiro atoms. The number of carbonyl (C=O) groups is 4. The lowest BCUT2D eigenvalue weighted by atomic mass is 9.75. The highest BCUT2D eigenvalue weighted by atomic mass is 16.2. The van der Waals surface area contributed by atoms with Gasteiger partial charge in [-0.25, -0.2) is 4.79 Å². The van der Waals surface area contributed by atoms with Crippen LogP contribution in [0.1, 0.15) is 39.0 Å². The summed E-state index contributed by atoms with van der Waals surface area (Å²) in [4.78, 5) is 52.7. The average Bonchev–Trinajstić information content (AvgIpc) is 2.92. The Bertz CT molecular complexity index is 844. The van der Waals surface area contributed by atoms with Gasteiger partial charge in [-0.15, -0.1) is 0 Å². The molecule has 8 nitrogen and oxygen atoms in total.